The first-order valence-electron chi connectivity index (χ1n) is 8.78. The molecular formula is C21H22N2O3S2. The maximum Gasteiger partial charge on any atom is 0.261 e. The Morgan fingerprint density at radius 1 is 1.07 bits per heavy atom. The highest BCUT2D eigenvalue weighted by molar-refractivity contribution is 7.92. The quantitative estimate of drug-likeness (QED) is 0.636. The van der Waals surface area contributed by atoms with E-state index in [0.717, 1.165) is 10.4 Å². The lowest BCUT2D eigenvalue weighted by molar-refractivity contribution is 0.0744. The van der Waals surface area contributed by atoms with Gasteiger partial charge in [0, 0.05) is 23.2 Å². The number of nitrogens with one attached hydrogen (secondary N) is 1. The molecule has 2 aromatic carbocycles. The third-order valence-corrected chi connectivity index (χ3v) is 6.97. The summed E-state index contributed by atoms with van der Waals surface area (Å²) in [6.45, 7) is 3.88. The molecule has 0 saturated carbocycles. The summed E-state index contributed by atoms with van der Waals surface area (Å²) in [5.41, 5.74) is 1.85. The van der Waals surface area contributed by atoms with E-state index in [1.54, 1.807) is 47.5 Å². The molecule has 0 bridgehead atoms. The Morgan fingerprint density at radius 3 is 2.43 bits per heavy atom. The van der Waals surface area contributed by atoms with Crippen molar-refractivity contribution in [2.75, 3.05) is 11.8 Å². The summed E-state index contributed by atoms with van der Waals surface area (Å²) < 4.78 is 28.0. The number of amides is 1. The molecule has 0 aliphatic rings. The summed E-state index contributed by atoms with van der Waals surface area (Å²) in [6.07, 6.45) is 0. The average molecular weight is 415 g/mol. The Labute approximate surface area is 169 Å². The Kier molecular flexibility index (Phi) is 5.86. The summed E-state index contributed by atoms with van der Waals surface area (Å²) >= 11 is 1.58. The molecule has 146 valence electrons. The lowest BCUT2D eigenvalue weighted by Crippen LogP contribution is -2.29. The Morgan fingerprint density at radius 2 is 1.79 bits per heavy atom. The third-order valence-electron chi connectivity index (χ3n) is 4.55. The molecule has 0 saturated heterocycles. The van der Waals surface area contributed by atoms with Crippen molar-refractivity contribution >= 4 is 33.0 Å². The number of nitrogens with zero attached hydrogens (tertiary/aromatic N) is 1. The van der Waals surface area contributed by atoms with E-state index >= 15 is 0 Å². The van der Waals surface area contributed by atoms with Crippen molar-refractivity contribution in [1.29, 1.82) is 0 Å². The number of hydrogen-bond donors (Lipinski definition) is 1. The number of carbonyl (C=O) groups is 1. The number of hydrogen-bond acceptors (Lipinski definition) is 4. The predicted octanol–water partition coefficient (Wildman–Crippen LogP) is 4.69. The topological polar surface area (TPSA) is 66.5 Å². The van der Waals surface area contributed by atoms with Crippen LogP contribution in [0.4, 0.5) is 5.69 Å². The molecular weight excluding hydrogens is 392 g/mol. The van der Waals surface area contributed by atoms with Crippen molar-refractivity contribution in [2.24, 2.45) is 0 Å². The second-order valence-corrected chi connectivity index (χ2v) is 9.27. The first-order chi connectivity index (χ1) is 13.3. The molecule has 1 unspecified atom stereocenters. The number of carbonyl (C=O) groups excluding carboxylic acids is 1. The molecule has 5 nitrogen and oxygen atoms in total. The lowest BCUT2D eigenvalue weighted by atomic mass is 10.1. The van der Waals surface area contributed by atoms with Gasteiger partial charge in [0.05, 0.1) is 10.9 Å². The summed E-state index contributed by atoms with van der Waals surface area (Å²) in [5, 5.41) is 1.97. The minimum absolute atomic E-state index is 0.0519. The van der Waals surface area contributed by atoms with Crippen LogP contribution in [0, 0.1) is 6.92 Å². The van der Waals surface area contributed by atoms with Crippen molar-refractivity contribution < 1.29 is 13.2 Å². The molecule has 0 aliphatic heterocycles. The molecule has 3 aromatic rings. The van der Waals surface area contributed by atoms with Gasteiger partial charge in [0.1, 0.15) is 0 Å². The Hall–Kier alpha value is -2.64. The fourth-order valence-corrected chi connectivity index (χ4v) is 4.66. The standard InChI is InChI=1S/C21H22N2O3S2/c1-15-9-11-18(12-10-15)22-28(25,26)19-7-4-6-17(14-19)21(24)23(3)16(2)20-8-5-13-27-20/h4-14,16,22H,1-3H3. The Bertz CT molecular complexity index is 1060. The fraction of sp³-hybridized carbons (Fsp3) is 0.190. The molecule has 28 heavy (non-hydrogen) atoms. The van der Waals surface area contributed by atoms with Gasteiger partial charge in [-0.3, -0.25) is 9.52 Å². The second kappa shape index (κ2) is 8.16. The van der Waals surface area contributed by atoms with Gasteiger partial charge in [-0.15, -0.1) is 11.3 Å². The van der Waals surface area contributed by atoms with Gasteiger partial charge in [-0.1, -0.05) is 29.8 Å². The summed E-state index contributed by atoms with van der Waals surface area (Å²) in [6, 6.07) is 17.0. The van der Waals surface area contributed by atoms with Crippen LogP contribution in [0.3, 0.4) is 0 Å². The first-order valence-corrected chi connectivity index (χ1v) is 11.1. The molecule has 0 spiro atoms. The van der Waals surface area contributed by atoms with Gasteiger partial charge in [-0.25, -0.2) is 8.42 Å². The highest BCUT2D eigenvalue weighted by Crippen LogP contribution is 2.25. The number of sulfonamides is 1. The van der Waals surface area contributed by atoms with Gasteiger partial charge < -0.3 is 4.90 Å². The van der Waals surface area contributed by atoms with Gasteiger partial charge >= 0.3 is 0 Å². The van der Waals surface area contributed by atoms with Gasteiger partial charge in [-0.2, -0.15) is 0 Å². The fourth-order valence-electron chi connectivity index (χ4n) is 2.73. The summed E-state index contributed by atoms with van der Waals surface area (Å²) in [5.74, 6) is -0.228. The van der Waals surface area contributed by atoms with Crippen LogP contribution in [0.2, 0.25) is 0 Å². The summed E-state index contributed by atoms with van der Waals surface area (Å²) in [4.78, 5) is 15.6. The molecule has 0 aliphatic carbocycles. The van der Waals surface area contributed by atoms with Gasteiger partial charge in [0.25, 0.3) is 15.9 Å². The van der Waals surface area contributed by atoms with Crippen molar-refractivity contribution in [1.82, 2.24) is 4.90 Å². The van der Waals surface area contributed by atoms with Crippen LogP contribution >= 0.6 is 11.3 Å². The van der Waals surface area contributed by atoms with Crippen LogP contribution in [0.1, 0.15) is 33.8 Å². The zero-order valence-electron chi connectivity index (χ0n) is 15.9. The number of anilines is 1. The molecule has 1 aromatic heterocycles. The van der Waals surface area contributed by atoms with E-state index in [1.807, 2.05) is 43.5 Å². The zero-order valence-corrected chi connectivity index (χ0v) is 17.5. The number of aryl methyl sites for hydroxylation is 1. The third kappa shape index (κ3) is 4.43. The smallest absolute Gasteiger partial charge is 0.261 e. The van der Waals surface area contributed by atoms with Crippen molar-refractivity contribution in [3.63, 3.8) is 0 Å². The van der Waals surface area contributed by atoms with E-state index in [9.17, 15) is 13.2 Å². The van der Waals surface area contributed by atoms with Crippen LogP contribution in [0.15, 0.2) is 70.9 Å². The van der Waals surface area contributed by atoms with E-state index in [4.69, 9.17) is 0 Å². The Balaban J connectivity index is 1.82. The molecule has 3 rings (SSSR count). The zero-order chi connectivity index (χ0) is 20.3. The molecule has 0 fully saturated rings. The molecule has 1 N–H and O–H groups in total. The predicted molar refractivity (Wildman–Crippen MR) is 113 cm³/mol. The minimum Gasteiger partial charge on any atom is -0.334 e. The maximum absolute atomic E-state index is 12.9. The van der Waals surface area contributed by atoms with Gasteiger partial charge in [0.2, 0.25) is 0 Å². The lowest BCUT2D eigenvalue weighted by Gasteiger charge is -2.24. The molecule has 7 heteroatoms. The average Bonchev–Trinajstić information content (AvgIpc) is 3.23. The van der Waals surface area contributed by atoms with Crippen molar-refractivity contribution in [2.45, 2.75) is 24.8 Å². The highest BCUT2D eigenvalue weighted by atomic mass is 32.2. The monoisotopic (exact) mass is 414 g/mol. The van der Waals surface area contributed by atoms with E-state index < -0.39 is 10.0 Å². The van der Waals surface area contributed by atoms with E-state index in [1.165, 1.54) is 12.1 Å². The van der Waals surface area contributed by atoms with Crippen LogP contribution in [0.5, 0.6) is 0 Å². The van der Waals surface area contributed by atoms with Gasteiger partial charge in [0.15, 0.2) is 0 Å². The van der Waals surface area contributed by atoms with Crippen LogP contribution < -0.4 is 4.72 Å². The number of rotatable bonds is 6. The summed E-state index contributed by atoms with van der Waals surface area (Å²) in [7, 11) is -2.07. The van der Waals surface area contributed by atoms with Crippen LogP contribution in [-0.2, 0) is 10.0 Å². The number of thiophene rings is 1. The van der Waals surface area contributed by atoms with Crippen LogP contribution in [0.25, 0.3) is 0 Å². The van der Waals surface area contributed by atoms with Crippen molar-refractivity contribution in [3.8, 4) is 0 Å². The molecule has 1 heterocycles. The first kappa shape index (κ1) is 20.1. The van der Waals surface area contributed by atoms with Gasteiger partial charge in [-0.05, 0) is 55.6 Å². The van der Waals surface area contributed by atoms with E-state index in [2.05, 4.69) is 4.72 Å². The van der Waals surface area contributed by atoms with E-state index in [0.29, 0.717) is 11.3 Å². The second-order valence-electron chi connectivity index (χ2n) is 6.61. The maximum atomic E-state index is 12.9. The van der Waals surface area contributed by atoms with Crippen LogP contribution in [-0.4, -0.2) is 26.3 Å². The highest BCUT2D eigenvalue weighted by Gasteiger charge is 2.22. The normalized spacial score (nSPS) is 12.4. The van der Waals surface area contributed by atoms with E-state index in [-0.39, 0.29) is 16.8 Å². The minimum atomic E-state index is -3.79. The molecule has 1 amide bonds. The molecule has 0 radical (unpaired) electrons. The largest absolute Gasteiger partial charge is 0.334 e. The van der Waals surface area contributed by atoms with Crippen molar-refractivity contribution in [3.05, 3.63) is 82.0 Å². The molecule has 1 atom stereocenters. The number of benzene rings is 2. The SMILES string of the molecule is Cc1ccc(NS(=O)(=O)c2cccc(C(=O)N(C)C(C)c3cccs3)c2)cc1.